The summed E-state index contributed by atoms with van der Waals surface area (Å²) in [5, 5.41) is 0. The van der Waals surface area contributed by atoms with Crippen LogP contribution in [0.3, 0.4) is 0 Å². The summed E-state index contributed by atoms with van der Waals surface area (Å²) in [5.74, 6) is 0.589. The van der Waals surface area contributed by atoms with Crippen molar-refractivity contribution in [2.24, 2.45) is 0 Å². The molecular weight excluding hydrogens is 476 g/mol. The molecule has 0 amide bonds. The monoisotopic (exact) mass is 531 g/mol. The highest BCUT2D eigenvalue weighted by Crippen LogP contribution is 2.17. The van der Waals surface area contributed by atoms with Gasteiger partial charge in [-0.1, -0.05) is 48.5 Å². The highest BCUT2D eigenvalue weighted by Gasteiger charge is 2.20. The third-order valence-electron chi connectivity index (χ3n) is 7.43. The van der Waals surface area contributed by atoms with Crippen molar-refractivity contribution in [3.8, 4) is 0 Å². The summed E-state index contributed by atoms with van der Waals surface area (Å²) >= 11 is 5.93. The number of rotatable bonds is 17. The summed E-state index contributed by atoms with van der Waals surface area (Å²) < 4.78 is 3.13. The lowest BCUT2D eigenvalue weighted by Crippen LogP contribution is -2.42. The Morgan fingerprint density at radius 1 is 0.514 bits per heavy atom. The second-order valence-corrected chi connectivity index (χ2v) is 13.7. The Kier molecular flexibility index (Phi) is 12.6. The Balaban J connectivity index is 1.74. The number of unbranched alkanes of at least 4 members (excludes halogenated alkanes) is 2. The molecule has 0 atom stereocenters. The molecule has 5 heteroatoms. The lowest BCUT2D eigenvalue weighted by molar-refractivity contribution is -0.910. The molecule has 2 aromatic carbocycles. The van der Waals surface area contributed by atoms with Gasteiger partial charge in [-0.3, -0.25) is 0 Å². The molecule has 0 saturated carbocycles. The van der Waals surface area contributed by atoms with E-state index >= 15 is 0 Å². The van der Waals surface area contributed by atoms with Crippen LogP contribution in [0.15, 0.2) is 48.5 Å². The third-order valence-corrected chi connectivity index (χ3v) is 7.74. The van der Waals surface area contributed by atoms with E-state index in [2.05, 4.69) is 110 Å². The maximum Gasteiger partial charge on any atom is 0.104 e. The molecule has 2 aromatic rings. The predicted octanol–water partition coefficient (Wildman–Crippen LogP) is 5.98. The van der Waals surface area contributed by atoms with Crippen molar-refractivity contribution >= 4 is 11.6 Å². The van der Waals surface area contributed by atoms with E-state index in [0.29, 0.717) is 5.88 Å². The first kappa shape index (κ1) is 31.8. The average molecular weight is 532 g/mol. The highest BCUT2D eigenvalue weighted by molar-refractivity contribution is 6.17. The van der Waals surface area contributed by atoms with Crippen LogP contribution in [0.1, 0.15) is 47.9 Å². The summed E-state index contributed by atoms with van der Waals surface area (Å²) in [6, 6.07) is 18.2. The topological polar surface area (TPSA) is 3.24 Å². The maximum absolute atomic E-state index is 5.93. The van der Waals surface area contributed by atoms with E-state index in [0.717, 1.165) is 33.1 Å². The van der Waals surface area contributed by atoms with Gasteiger partial charge in [0.05, 0.1) is 61.9 Å². The molecule has 4 nitrogen and oxygen atoms in total. The SMILES string of the molecule is CN(C)CCCC[N+](C)(C)Cc1ccc(C[N+](C)(C)CCCC[N+](C)(C)Cc2ccc(CCl)cc2)cc1. The fraction of sp³-hybridized carbons (Fsp3) is 0.625. The van der Waals surface area contributed by atoms with Gasteiger partial charge in [-0.25, -0.2) is 0 Å². The Bertz CT molecular complexity index is 901. The van der Waals surface area contributed by atoms with Crippen LogP contribution in [0.4, 0.5) is 0 Å². The molecule has 0 aliphatic carbocycles. The molecule has 0 aliphatic heterocycles. The van der Waals surface area contributed by atoms with Gasteiger partial charge in [-0.05, 0) is 39.0 Å². The van der Waals surface area contributed by atoms with Gasteiger partial charge in [0.1, 0.15) is 19.6 Å². The van der Waals surface area contributed by atoms with E-state index in [1.54, 1.807) is 0 Å². The summed E-state index contributed by atoms with van der Waals surface area (Å²) in [6.45, 7) is 8.09. The molecule has 2 rings (SSSR count). The Morgan fingerprint density at radius 3 is 1.11 bits per heavy atom. The molecule has 0 aliphatic rings. The van der Waals surface area contributed by atoms with Gasteiger partial charge >= 0.3 is 0 Å². The first-order chi connectivity index (χ1) is 17.3. The first-order valence-electron chi connectivity index (χ1n) is 14.1. The Labute approximate surface area is 234 Å². The summed E-state index contributed by atoms with van der Waals surface area (Å²) in [4.78, 5) is 2.28. The van der Waals surface area contributed by atoms with E-state index in [-0.39, 0.29) is 0 Å². The summed E-state index contributed by atoms with van der Waals surface area (Å²) in [6.07, 6.45) is 5.08. The van der Waals surface area contributed by atoms with Crippen LogP contribution in [0.25, 0.3) is 0 Å². The number of nitrogens with zero attached hydrogens (tertiary/aromatic N) is 4. The van der Waals surface area contributed by atoms with Crippen LogP contribution in [0.2, 0.25) is 0 Å². The van der Waals surface area contributed by atoms with E-state index in [4.69, 9.17) is 11.6 Å². The molecule has 0 saturated heterocycles. The lowest BCUT2D eigenvalue weighted by Gasteiger charge is -2.32. The Hall–Kier alpha value is -1.43. The zero-order valence-corrected chi connectivity index (χ0v) is 26.0. The normalized spacial score (nSPS) is 12.9. The van der Waals surface area contributed by atoms with Gasteiger partial charge in [0.2, 0.25) is 0 Å². The van der Waals surface area contributed by atoms with Crippen molar-refractivity contribution in [1.29, 1.82) is 0 Å². The van der Waals surface area contributed by atoms with Crippen LogP contribution in [0, 0.1) is 0 Å². The van der Waals surface area contributed by atoms with Crippen LogP contribution in [-0.4, -0.2) is 101 Å². The standard InChI is InChI=1S/C32H56ClN4/c1-34(2)21-9-10-22-35(3,4)27-31-17-19-32(20-18-31)28-37(7,8)24-12-11-23-36(5,6)26-30-15-13-29(25-33)14-16-30/h13-20H,9-12,21-28H2,1-8H3/q+3. The zero-order chi connectivity index (χ0) is 27.5. The van der Waals surface area contributed by atoms with Gasteiger partial charge in [0, 0.05) is 35.4 Å². The summed E-state index contributed by atoms with van der Waals surface area (Å²) in [5.41, 5.74) is 5.48. The minimum absolute atomic E-state index is 0.589. The minimum Gasteiger partial charge on any atom is -0.325 e. The number of hydrogen-bond acceptors (Lipinski definition) is 1. The summed E-state index contributed by atoms with van der Waals surface area (Å²) in [7, 11) is 18.5. The van der Waals surface area contributed by atoms with Crippen molar-refractivity contribution in [2.45, 2.75) is 51.2 Å². The first-order valence-corrected chi connectivity index (χ1v) is 14.7. The maximum atomic E-state index is 5.93. The second kappa shape index (κ2) is 14.6. The van der Waals surface area contributed by atoms with Gasteiger partial charge in [-0.15, -0.1) is 11.6 Å². The van der Waals surface area contributed by atoms with E-state index in [1.165, 1.54) is 74.1 Å². The number of quaternary nitrogens is 3. The van der Waals surface area contributed by atoms with Crippen LogP contribution in [-0.2, 0) is 25.5 Å². The molecule has 0 unspecified atom stereocenters. The van der Waals surface area contributed by atoms with Crippen LogP contribution in [0.5, 0.6) is 0 Å². The second-order valence-electron chi connectivity index (χ2n) is 13.4. The number of alkyl halides is 1. The van der Waals surface area contributed by atoms with Gasteiger partial charge in [-0.2, -0.15) is 0 Å². The highest BCUT2D eigenvalue weighted by atomic mass is 35.5. The van der Waals surface area contributed by atoms with Crippen LogP contribution >= 0.6 is 11.6 Å². The lowest BCUT2D eigenvalue weighted by atomic mass is 10.1. The van der Waals surface area contributed by atoms with Crippen molar-refractivity contribution in [1.82, 2.24) is 4.90 Å². The molecule has 0 radical (unpaired) electrons. The minimum atomic E-state index is 0.589. The predicted molar refractivity (Wildman–Crippen MR) is 162 cm³/mol. The van der Waals surface area contributed by atoms with Gasteiger partial charge < -0.3 is 18.3 Å². The molecular formula is C32H56ClN4+3. The fourth-order valence-corrected chi connectivity index (χ4v) is 5.43. The quantitative estimate of drug-likeness (QED) is 0.138. The molecule has 0 N–H and O–H groups in total. The average Bonchev–Trinajstić information content (AvgIpc) is 2.81. The van der Waals surface area contributed by atoms with Crippen molar-refractivity contribution in [3.05, 3.63) is 70.8 Å². The number of hydrogen-bond donors (Lipinski definition) is 0. The molecule has 0 heterocycles. The smallest absolute Gasteiger partial charge is 0.104 e. The molecule has 0 fully saturated rings. The largest absolute Gasteiger partial charge is 0.325 e. The molecule has 0 aromatic heterocycles. The van der Waals surface area contributed by atoms with E-state index < -0.39 is 0 Å². The molecule has 0 bridgehead atoms. The van der Waals surface area contributed by atoms with E-state index in [9.17, 15) is 0 Å². The van der Waals surface area contributed by atoms with Crippen molar-refractivity contribution in [3.63, 3.8) is 0 Å². The molecule has 0 spiro atoms. The van der Waals surface area contributed by atoms with Crippen molar-refractivity contribution < 1.29 is 13.4 Å². The van der Waals surface area contributed by atoms with E-state index in [1.807, 2.05) is 0 Å². The number of halogens is 1. The number of benzene rings is 2. The zero-order valence-electron chi connectivity index (χ0n) is 25.3. The van der Waals surface area contributed by atoms with Crippen LogP contribution < -0.4 is 0 Å². The van der Waals surface area contributed by atoms with Gasteiger partial charge in [0.25, 0.3) is 0 Å². The molecule has 208 valence electrons. The Morgan fingerprint density at radius 2 is 0.811 bits per heavy atom. The fourth-order valence-electron chi connectivity index (χ4n) is 5.25. The molecule has 37 heavy (non-hydrogen) atoms. The third kappa shape index (κ3) is 13.3. The van der Waals surface area contributed by atoms with Gasteiger partial charge in [0.15, 0.2) is 0 Å². The van der Waals surface area contributed by atoms with Crippen molar-refractivity contribution in [2.75, 3.05) is 82.6 Å².